The van der Waals surface area contributed by atoms with Crippen molar-refractivity contribution in [2.45, 2.75) is 19.5 Å². The van der Waals surface area contributed by atoms with Crippen molar-refractivity contribution in [1.29, 1.82) is 0 Å². The monoisotopic (exact) mass is 443 g/mol. The Labute approximate surface area is 189 Å². The summed E-state index contributed by atoms with van der Waals surface area (Å²) in [4.78, 5) is 32.3. The predicted octanol–water partition coefficient (Wildman–Crippen LogP) is 3.87. The average molecular weight is 443 g/mol. The number of amides is 1. The Kier molecular flexibility index (Phi) is 4.97. The zero-order valence-electron chi connectivity index (χ0n) is 18.1. The van der Waals surface area contributed by atoms with Crippen LogP contribution in [0.3, 0.4) is 0 Å². The number of aliphatic hydroxyl groups excluding tert-OH is 1. The highest BCUT2D eigenvalue weighted by Crippen LogP contribution is 2.41. The Hall–Kier alpha value is -4.33. The van der Waals surface area contributed by atoms with Gasteiger partial charge in [-0.3, -0.25) is 14.0 Å². The lowest BCUT2D eigenvalue weighted by Crippen LogP contribution is -2.29. The van der Waals surface area contributed by atoms with Crippen LogP contribution < -0.4 is 4.74 Å². The molecule has 5 rings (SSSR count). The van der Waals surface area contributed by atoms with Crippen LogP contribution in [-0.2, 0) is 16.1 Å². The molecule has 1 aliphatic rings. The normalized spacial score (nSPS) is 17.8. The van der Waals surface area contributed by atoms with Gasteiger partial charge in [-0.2, -0.15) is 0 Å². The van der Waals surface area contributed by atoms with Gasteiger partial charge >= 0.3 is 0 Å². The number of likely N-dealkylation sites (tertiary alicyclic amines) is 1. The van der Waals surface area contributed by atoms with E-state index >= 15 is 0 Å². The Morgan fingerprint density at radius 1 is 1.15 bits per heavy atom. The van der Waals surface area contributed by atoms with E-state index in [1.165, 1.54) is 11.2 Å². The van der Waals surface area contributed by atoms with Crippen LogP contribution in [0.15, 0.2) is 77.0 Å². The van der Waals surface area contributed by atoms with Gasteiger partial charge in [-0.1, -0.05) is 18.2 Å². The van der Waals surface area contributed by atoms with Gasteiger partial charge in [-0.15, -0.1) is 0 Å². The quantitative estimate of drug-likeness (QED) is 0.286. The SMILES string of the molecule is COc1cccc(C2/C(=C(\O)c3c(C)nc4ccccn34)C(=O)C(=O)N2Cc2ccco2)c1. The van der Waals surface area contributed by atoms with E-state index < -0.39 is 17.7 Å². The molecule has 1 unspecified atom stereocenters. The van der Waals surface area contributed by atoms with E-state index in [1.54, 1.807) is 73.2 Å². The van der Waals surface area contributed by atoms with E-state index in [4.69, 9.17) is 9.15 Å². The maximum Gasteiger partial charge on any atom is 0.296 e. The van der Waals surface area contributed by atoms with E-state index in [1.807, 2.05) is 6.07 Å². The van der Waals surface area contributed by atoms with Crippen molar-refractivity contribution in [1.82, 2.24) is 14.3 Å². The number of nitrogens with zero attached hydrogens (tertiary/aromatic N) is 3. The molecule has 8 heteroatoms. The largest absolute Gasteiger partial charge is 0.505 e. The topological polar surface area (TPSA) is 97.3 Å². The second-order valence-electron chi connectivity index (χ2n) is 7.76. The van der Waals surface area contributed by atoms with Gasteiger partial charge in [0.05, 0.1) is 37.2 Å². The number of benzene rings is 1. The summed E-state index contributed by atoms with van der Waals surface area (Å²) < 4.78 is 12.5. The number of aliphatic hydroxyl groups is 1. The first kappa shape index (κ1) is 20.6. The minimum absolute atomic E-state index is 0.00596. The number of furan rings is 1. The van der Waals surface area contributed by atoms with Gasteiger partial charge < -0.3 is 19.2 Å². The highest BCUT2D eigenvalue weighted by atomic mass is 16.5. The summed E-state index contributed by atoms with van der Waals surface area (Å²) in [5.41, 5.74) is 2.16. The van der Waals surface area contributed by atoms with Gasteiger partial charge in [-0.05, 0) is 48.9 Å². The minimum atomic E-state index is -0.834. The molecule has 4 aromatic rings. The standard InChI is InChI=1S/C25H21N3O5/c1-15-21(27-11-4-3-10-19(27)26-15)23(29)20-22(16-7-5-8-17(13-16)32-2)28(25(31)24(20)30)14-18-9-6-12-33-18/h3-13,22,29H,14H2,1-2H3/b23-20+. The van der Waals surface area contributed by atoms with Crippen molar-refractivity contribution in [2.75, 3.05) is 7.11 Å². The van der Waals surface area contributed by atoms with Crippen LogP contribution in [0, 0.1) is 6.92 Å². The maximum atomic E-state index is 13.3. The number of hydrogen-bond donors (Lipinski definition) is 1. The van der Waals surface area contributed by atoms with Gasteiger partial charge in [0.2, 0.25) is 0 Å². The van der Waals surface area contributed by atoms with Crippen molar-refractivity contribution in [3.8, 4) is 5.75 Å². The molecule has 1 fully saturated rings. The molecule has 1 amide bonds. The summed E-state index contributed by atoms with van der Waals surface area (Å²) >= 11 is 0. The first-order chi connectivity index (χ1) is 16.0. The number of Topliss-reactive ketones (excluding diaryl/α,β-unsaturated/α-hetero) is 1. The Morgan fingerprint density at radius 2 is 2.00 bits per heavy atom. The lowest BCUT2D eigenvalue weighted by atomic mass is 9.96. The third-order valence-electron chi connectivity index (χ3n) is 5.78. The van der Waals surface area contributed by atoms with Crippen LogP contribution in [0.5, 0.6) is 5.75 Å². The van der Waals surface area contributed by atoms with E-state index in [2.05, 4.69) is 4.98 Å². The Morgan fingerprint density at radius 3 is 2.76 bits per heavy atom. The van der Waals surface area contributed by atoms with Gasteiger partial charge in [0, 0.05) is 6.20 Å². The number of ketones is 1. The number of carbonyl (C=O) groups is 2. The smallest absolute Gasteiger partial charge is 0.296 e. The number of imidazole rings is 1. The third-order valence-corrected chi connectivity index (χ3v) is 5.78. The number of fused-ring (bicyclic) bond motifs is 1. The van der Waals surface area contributed by atoms with Crippen molar-refractivity contribution in [3.05, 3.63) is 95.3 Å². The van der Waals surface area contributed by atoms with E-state index in [-0.39, 0.29) is 17.9 Å². The highest BCUT2D eigenvalue weighted by molar-refractivity contribution is 6.46. The molecular weight excluding hydrogens is 422 g/mol. The fourth-order valence-electron chi connectivity index (χ4n) is 4.30. The van der Waals surface area contributed by atoms with E-state index in [0.29, 0.717) is 34.1 Å². The molecule has 3 aromatic heterocycles. The molecular formula is C25H21N3O5. The van der Waals surface area contributed by atoms with E-state index in [0.717, 1.165) is 0 Å². The molecule has 0 bridgehead atoms. The Bertz CT molecular complexity index is 1400. The number of aryl methyl sites for hydroxylation is 1. The summed E-state index contributed by atoms with van der Waals surface area (Å²) in [6.07, 6.45) is 3.26. The molecule has 4 heterocycles. The molecule has 0 radical (unpaired) electrons. The zero-order chi connectivity index (χ0) is 23.1. The molecule has 0 saturated carbocycles. The molecule has 33 heavy (non-hydrogen) atoms. The van der Waals surface area contributed by atoms with Crippen LogP contribution in [0.2, 0.25) is 0 Å². The second kappa shape index (κ2) is 7.98. The molecule has 8 nitrogen and oxygen atoms in total. The average Bonchev–Trinajstić information content (AvgIpc) is 3.52. The van der Waals surface area contributed by atoms with Crippen molar-refractivity contribution in [2.24, 2.45) is 0 Å². The molecule has 1 aromatic carbocycles. The third kappa shape index (κ3) is 3.36. The first-order valence-corrected chi connectivity index (χ1v) is 10.4. The number of hydrogen-bond acceptors (Lipinski definition) is 6. The summed E-state index contributed by atoms with van der Waals surface area (Å²) in [6.45, 7) is 1.82. The maximum absolute atomic E-state index is 13.3. The fourth-order valence-corrected chi connectivity index (χ4v) is 4.30. The number of rotatable bonds is 5. The first-order valence-electron chi connectivity index (χ1n) is 10.4. The lowest BCUT2D eigenvalue weighted by Gasteiger charge is -2.24. The van der Waals surface area contributed by atoms with Crippen LogP contribution in [0.1, 0.15) is 28.8 Å². The number of aromatic nitrogens is 2. The summed E-state index contributed by atoms with van der Waals surface area (Å²) in [5.74, 6) is -0.665. The summed E-state index contributed by atoms with van der Waals surface area (Å²) in [7, 11) is 1.54. The molecule has 0 spiro atoms. The van der Waals surface area contributed by atoms with Gasteiger partial charge in [0.15, 0.2) is 5.76 Å². The number of pyridine rings is 1. The van der Waals surface area contributed by atoms with Crippen LogP contribution in [-0.4, -0.2) is 38.2 Å². The van der Waals surface area contributed by atoms with Crippen molar-refractivity contribution >= 4 is 23.1 Å². The molecule has 166 valence electrons. The minimum Gasteiger partial charge on any atom is -0.505 e. The molecule has 0 aliphatic carbocycles. The molecule has 1 N–H and O–H groups in total. The molecule has 1 saturated heterocycles. The van der Waals surface area contributed by atoms with Crippen molar-refractivity contribution < 1.29 is 23.8 Å². The summed E-state index contributed by atoms with van der Waals surface area (Å²) in [5, 5.41) is 11.4. The lowest BCUT2D eigenvalue weighted by molar-refractivity contribution is -0.140. The van der Waals surface area contributed by atoms with Crippen LogP contribution in [0.25, 0.3) is 11.4 Å². The number of carbonyl (C=O) groups excluding carboxylic acids is 2. The van der Waals surface area contributed by atoms with E-state index in [9.17, 15) is 14.7 Å². The van der Waals surface area contributed by atoms with Crippen molar-refractivity contribution in [3.63, 3.8) is 0 Å². The molecule has 1 aliphatic heterocycles. The fraction of sp³-hybridized carbons (Fsp3) is 0.160. The number of ether oxygens (including phenoxy) is 1. The number of methoxy groups -OCH3 is 1. The van der Waals surface area contributed by atoms with Gasteiger partial charge in [0.1, 0.15) is 22.9 Å². The Balaban J connectivity index is 1.73. The summed E-state index contributed by atoms with van der Waals surface area (Å²) in [6, 6.07) is 15.2. The zero-order valence-corrected chi connectivity index (χ0v) is 18.1. The predicted molar refractivity (Wildman–Crippen MR) is 119 cm³/mol. The van der Waals surface area contributed by atoms with Crippen LogP contribution in [0.4, 0.5) is 0 Å². The second-order valence-corrected chi connectivity index (χ2v) is 7.76. The van der Waals surface area contributed by atoms with Crippen LogP contribution >= 0.6 is 0 Å². The van der Waals surface area contributed by atoms with Gasteiger partial charge in [0.25, 0.3) is 11.7 Å². The van der Waals surface area contributed by atoms with Gasteiger partial charge in [-0.25, -0.2) is 4.98 Å². The molecule has 1 atom stereocenters. The highest BCUT2D eigenvalue weighted by Gasteiger charge is 2.47.